The number of methoxy groups -OCH3 is 1. The van der Waals surface area contributed by atoms with Crippen molar-refractivity contribution in [2.24, 2.45) is 5.73 Å². The molecule has 0 spiro atoms. The minimum Gasteiger partial charge on any atom is -0.383 e. The first-order valence-corrected chi connectivity index (χ1v) is 8.01. The van der Waals surface area contributed by atoms with Crippen molar-refractivity contribution in [1.82, 2.24) is 9.44 Å². The highest BCUT2D eigenvalue weighted by atomic mass is 32.2. The minimum absolute atomic E-state index is 0.228. The Kier molecular flexibility index (Phi) is 7.36. The fourth-order valence-electron chi connectivity index (χ4n) is 1.63. The van der Waals surface area contributed by atoms with Crippen molar-refractivity contribution < 1.29 is 13.2 Å². The number of ether oxygens (including phenoxy) is 1. The zero-order chi connectivity index (χ0) is 15.7. The van der Waals surface area contributed by atoms with Gasteiger partial charge < -0.3 is 10.5 Å². The maximum Gasteiger partial charge on any atom is 0.277 e. The van der Waals surface area contributed by atoms with Crippen LogP contribution in [0.25, 0.3) is 0 Å². The van der Waals surface area contributed by atoms with Gasteiger partial charge in [-0.2, -0.15) is 17.9 Å². The second-order valence-electron chi connectivity index (χ2n) is 4.36. The number of benzene rings is 1. The van der Waals surface area contributed by atoms with E-state index in [9.17, 15) is 8.42 Å². The average Bonchev–Trinajstić information content (AvgIpc) is 2.45. The van der Waals surface area contributed by atoms with Crippen LogP contribution in [0.4, 0.5) is 0 Å². The highest BCUT2D eigenvalue weighted by Crippen LogP contribution is 2.13. The summed E-state index contributed by atoms with van der Waals surface area (Å²) in [7, 11) is -2.04. The van der Waals surface area contributed by atoms with E-state index in [0.29, 0.717) is 13.2 Å². The van der Waals surface area contributed by atoms with Crippen LogP contribution in [0.15, 0.2) is 24.3 Å². The van der Waals surface area contributed by atoms with Gasteiger partial charge in [0.25, 0.3) is 10.2 Å². The topological polar surface area (TPSA) is 93.4 Å². The van der Waals surface area contributed by atoms with Gasteiger partial charge in [-0.3, -0.25) is 0 Å². The molecule has 116 valence electrons. The van der Waals surface area contributed by atoms with Crippen LogP contribution in [0.5, 0.6) is 0 Å². The van der Waals surface area contributed by atoms with Gasteiger partial charge in [0.1, 0.15) is 0 Å². The summed E-state index contributed by atoms with van der Waals surface area (Å²) in [5.41, 5.74) is 7.00. The molecule has 0 fully saturated rings. The van der Waals surface area contributed by atoms with E-state index in [1.165, 1.54) is 7.11 Å². The smallest absolute Gasteiger partial charge is 0.277 e. The third kappa shape index (κ3) is 6.71. The predicted molar refractivity (Wildman–Crippen MR) is 82.7 cm³/mol. The monoisotopic (exact) mass is 311 g/mol. The van der Waals surface area contributed by atoms with E-state index in [-0.39, 0.29) is 12.6 Å². The van der Waals surface area contributed by atoms with Crippen molar-refractivity contribution in [3.8, 4) is 11.8 Å². The summed E-state index contributed by atoms with van der Waals surface area (Å²) < 4.78 is 33.3. The third-order valence-electron chi connectivity index (χ3n) is 2.68. The maximum absolute atomic E-state index is 11.8. The summed E-state index contributed by atoms with van der Waals surface area (Å²) in [5, 5.41) is 0. The van der Waals surface area contributed by atoms with Crippen molar-refractivity contribution in [2.75, 3.05) is 26.8 Å². The molecule has 1 rings (SSSR count). The van der Waals surface area contributed by atoms with E-state index < -0.39 is 10.2 Å². The molecule has 0 heterocycles. The summed E-state index contributed by atoms with van der Waals surface area (Å²) >= 11 is 0. The quantitative estimate of drug-likeness (QED) is 0.493. The zero-order valence-corrected chi connectivity index (χ0v) is 13.0. The third-order valence-corrected chi connectivity index (χ3v) is 3.92. The van der Waals surface area contributed by atoms with Gasteiger partial charge in [0, 0.05) is 25.3 Å². The normalized spacial score (nSPS) is 12.5. The molecule has 0 saturated carbocycles. The van der Waals surface area contributed by atoms with E-state index in [1.807, 2.05) is 24.3 Å². The lowest BCUT2D eigenvalue weighted by Crippen LogP contribution is -2.39. The molecule has 1 unspecified atom stereocenters. The molecule has 0 aliphatic rings. The van der Waals surface area contributed by atoms with Gasteiger partial charge in [-0.05, 0) is 24.6 Å². The first kappa shape index (κ1) is 17.6. The summed E-state index contributed by atoms with van der Waals surface area (Å²) in [6.45, 7) is 2.64. The molecule has 0 aliphatic carbocycles. The van der Waals surface area contributed by atoms with Gasteiger partial charge in [-0.1, -0.05) is 24.0 Å². The first-order chi connectivity index (χ1) is 9.98. The molecule has 0 aromatic heterocycles. The van der Waals surface area contributed by atoms with Crippen LogP contribution in [-0.4, -0.2) is 35.2 Å². The van der Waals surface area contributed by atoms with Gasteiger partial charge in [0.15, 0.2) is 0 Å². The fraction of sp³-hybridized carbons (Fsp3) is 0.429. The molecule has 1 aromatic rings. The lowest BCUT2D eigenvalue weighted by Gasteiger charge is -2.15. The van der Waals surface area contributed by atoms with Gasteiger partial charge in [-0.15, -0.1) is 0 Å². The van der Waals surface area contributed by atoms with Gasteiger partial charge in [0.05, 0.1) is 13.2 Å². The Balaban J connectivity index is 2.64. The van der Waals surface area contributed by atoms with Crippen molar-refractivity contribution in [3.63, 3.8) is 0 Å². The van der Waals surface area contributed by atoms with E-state index in [4.69, 9.17) is 10.5 Å². The number of nitrogens with two attached hydrogens (primary N) is 1. The van der Waals surface area contributed by atoms with Crippen LogP contribution >= 0.6 is 0 Å². The molecule has 0 saturated heterocycles. The summed E-state index contributed by atoms with van der Waals surface area (Å²) in [6.07, 6.45) is 0. The van der Waals surface area contributed by atoms with E-state index in [1.54, 1.807) is 6.92 Å². The number of rotatable bonds is 7. The zero-order valence-electron chi connectivity index (χ0n) is 12.2. The van der Waals surface area contributed by atoms with Crippen LogP contribution < -0.4 is 15.2 Å². The molecule has 7 heteroatoms. The van der Waals surface area contributed by atoms with Crippen molar-refractivity contribution in [2.45, 2.75) is 13.0 Å². The Morgan fingerprint density at radius 3 is 2.57 bits per heavy atom. The molecule has 1 atom stereocenters. The second-order valence-corrected chi connectivity index (χ2v) is 5.89. The lowest BCUT2D eigenvalue weighted by atomic mass is 10.1. The highest BCUT2D eigenvalue weighted by Gasteiger charge is 2.14. The Bertz CT molecular complexity index is 588. The number of hydrogen-bond donors (Lipinski definition) is 3. The van der Waals surface area contributed by atoms with Crippen LogP contribution in [0.3, 0.4) is 0 Å². The molecule has 21 heavy (non-hydrogen) atoms. The van der Waals surface area contributed by atoms with E-state index in [0.717, 1.165) is 11.1 Å². The van der Waals surface area contributed by atoms with Crippen LogP contribution in [0.2, 0.25) is 0 Å². The number of hydrogen-bond acceptors (Lipinski definition) is 4. The molecule has 0 radical (unpaired) electrons. The highest BCUT2D eigenvalue weighted by molar-refractivity contribution is 7.87. The molecule has 0 bridgehead atoms. The van der Waals surface area contributed by atoms with Gasteiger partial charge in [-0.25, -0.2) is 0 Å². The van der Waals surface area contributed by atoms with Crippen molar-refractivity contribution in [1.29, 1.82) is 0 Å². The predicted octanol–water partition coefficient (Wildman–Crippen LogP) is 0.128. The van der Waals surface area contributed by atoms with E-state index in [2.05, 4.69) is 21.3 Å². The fourth-order valence-corrected chi connectivity index (χ4v) is 2.67. The number of nitrogens with one attached hydrogen (secondary N) is 2. The van der Waals surface area contributed by atoms with Crippen LogP contribution in [0.1, 0.15) is 24.1 Å². The SMILES string of the molecule is COCCNS(=O)(=O)NC(C)c1ccc(C#CCN)cc1. The molecule has 0 amide bonds. The lowest BCUT2D eigenvalue weighted by molar-refractivity contribution is 0.204. The van der Waals surface area contributed by atoms with Crippen molar-refractivity contribution >= 4 is 10.2 Å². The first-order valence-electron chi connectivity index (χ1n) is 6.53. The Morgan fingerprint density at radius 2 is 2.00 bits per heavy atom. The molecule has 4 N–H and O–H groups in total. The maximum atomic E-state index is 11.8. The summed E-state index contributed by atoms with van der Waals surface area (Å²) in [6, 6.07) is 7.00. The summed E-state index contributed by atoms with van der Waals surface area (Å²) in [5.74, 6) is 5.68. The molecule has 1 aromatic carbocycles. The summed E-state index contributed by atoms with van der Waals surface area (Å²) in [4.78, 5) is 0. The Morgan fingerprint density at radius 1 is 1.33 bits per heavy atom. The molecule has 0 aliphatic heterocycles. The Hall–Kier alpha value is -1.43. The van der Waals surface area contributed by atoms with Crippen molar-refractivity contribution in [3.05, 3.63) is 35.4 Å². The molecular weight excluding hydrogens is 290 g/mol. The average molecular weight is 311 g/mol. The van der Waals surface area contributed by atoms with Gasteiger partial charge >= 0.3 is 0 Å². The second kappa shape index (κ2) is 8.77. The molecular formula is C14H21N3O3S. The van der Waals surface area contributed by atoms with E-state index >= 15 is 0 Å². The minimum atomic E-state index is -3.55. The molecule has 6 nitrogen and oxygen atoms in total. The van der Waals surface area contributed by atoms with Crippen LogP contribution in [0, 0.1) is 11.8 Å². The largest absolute Gasteiger partial charge is 0.383 e. The van der Waals surface area contributed by atoms with Crippen LogP contribution in [-0.2, 0) is 14.9 Å². The standard InChI is InChI=1S/C14H21N3O3S/c1-12(17-21(18,19)16-10-11-20-2)14-7-5-13(6-8-14)4-3-9-15/h5-8,12,16-17H,9-11,15H2,1-2H3. The Labute approximate surface area is 126 Å². The van der Waals surface area contributed by atoms with Gasteiger partial charge in [0.2, 0.25) is 0 Å².